The van der Waals surface area contributed by atoms with Gasteiger partial charge in [0.2, 0.25) is 0 Å². The first-order valence-electron chi connectivity index (χ1n) is 5.50. The van der Waals surface area contributed by atoms with E-state index in [2.05, 4.69) is 0 Å². The second-order valence-electron chi connectivity index (χ2n) is 4.18. The molecule has 17 heavy (non-hydrogen) atoms. The van der Waals surface area contributed by atoms with Crippen molar-refractivity contribution in [2.45, 2.75) is 6.92 Å². The summed E-state index contributed by atoms with van der Waals surface area (Å²) in [5, 5.41) is 0. The Kier molecular flexibility index (Phi) is 7.52. The molecular weight excluding hydrogens is 212 g/mol. The first-order chi connectivity index (χ1) is 7.93. The van der Waals surface area contributed by atoms with E-state index in [0.717, 1.165) is 5.57 Å². The van der Waals surface area contributed by atoms with Gasteiger partial charge in [-0.15, -0.1) is 0 Å². The summed E-state index contributed by atoms with van der Waals surface area (Å²) in [6.07, 6.45) is 12.6. The quantitative estimate of drug-likeness (QED) is 0.520. The number of rotatable bonds is 6. The van der Waals surface area contributed by atoms with Crippen molar-refractivity contribution in [1.29, 1.82) is 0 Å². The Morgan fingerprint density at radius 1 is 0.882 bits per heavy atom. The highest BCUT2D eigenvalue weighted by atomic mass is 16.1. The van der Waals surface area contributed by atoms with Crippen molar-refractivity contribution in [2.24, 2.45) is 0 Å². The number of carbonyl (C=O) groups is 1. The lowest BCUT2D eigenvalue weighted by Crippen LogP contribution is -2.00. The summed E-state index contributed by atoms with van der Waals surface area (Å²) in [5.41, 5.74) is 0.720. The van der Waals surface area contributed by atoms with Crippen molar-refractivity contribution in [2.75, 3.05) is 28.2 Å². The Morgan fingerprint density at radius 2 is 1.41 bits per heavy atom. The van der Waals surface area contributed by atoms with Gasteiger partial charge in [0.25, 0.3) is 0 Å². The molecule has 0 aliphatic heterocycles. The van der Waals surface area contributed by atoms with E-state index in [0.29, 0.717) is 0 Å². The van der Waals surface area contributed by atoms with Crippen LogP contribution in [0.4, 0.5) is 0 Å². The van der Waals surface area contributed by atoms with E-state index in [1.165, 1.54) is 0 Å². The molecule has 0 N–H and O–H groups in total. The van der Waals surface area contributed by atoms with Gasteiger partial charge in [-0.25, -0.2) is 0 Å². The Balaban J connectivity index is 4.32. The molecule has 3 heteroatoms. The van der Waals surface area contributed by atoms with Gasteiger partial charge in [-0.05, 0) is 43.1 Å². The molecule has 0 aromatic carbocycles. The molecule has 0 fully saturated rings. The lowest BCUT2D eigenvalue weighted by Gasteiger charge is -2.01. The molecule has 0 saturated heterocycles. The molecule has 0 saturated carbocycles. The molecule has 0 aromatic heterocycles. The summed E-state index contributed by atoms with van der Waals surface area (Å²) in [6.45, 7) is 1.81. The van der Waals surface area contributed by atoms with Gasteiger partial charge in [0.05, 0.1) is 0 Å². The number of nitrogens with zero attached hydrogens (tertiary/aromatic N) is 2. The molecule has 0 atom stereocenters. The fourth-order valence-corrected chi connectivity index (χ4v) is 0.938. The van der Waals surface area contributed by atoms with Crippen molar-refractivity contribution < 1.29 is 4.79 Å². The van der Waals surface area contributed by atoms with Crippen molar-refractivity contribution in [3.8, 4) is 0 Å². The zero-order valence-electron chi connectivity index (χ0n) is 11.3. The van der Waals surface area contributed by atoms with Gasteiger partial charge in [-0.1, -0.05) is 12.2 Å². The largest absolute Gasteiger partial charge is 0.383 e. The Hall–Kier alpha value is -1.77. The van der Waals surface area contributed by atoms with Gasteiger partial charge in [0, 0.05) is 28.2 Å². The van der Waals surface area contributed by atoms with Gasteiger partial charge in [0.15, 0.2) is 5.78 Å². The number of allylic oxidation sites excluding steroid dienone is 6. The molecule has 0 unspecified atom stereocenters. The molecule has 0 aliphatic carbocycles. The third-order valence-electron chi connectivity index (χ3n) is 1.86. The predicted octanol–water partition coefficient (Wildman–Crippen LogP) is 2.21. The zero-order chi connectivity index (χ0) is 13.3. The number of hydrogen-bond acceptors (Lipinski definition) is 3. The van der Waals surface area contributed by atoms with Crippen molar-refractivity contribution in [3.05, 3.63) is 48.4 Å². The molecular formula is C14H22N2O. The summed E-state index contributed by atoms with van der Waals surface area (Å²) >= 11 is 0. The Bertz CT molecular complexity index is 347. The zero-order valence-corrected chi connectivity index (χ0v) is 11.3. The van der Waals surface area contributed by atoms with Crippen LogP contribution in [-0.4, -0.2) is 43.8 Å². The van der Waals surface area contributed by atoms with Gasteiger partial charge < -0.3 is 9.80 Å². The van der Waals surface area contributed by atoms with Crippen LogP contribution >= 0.6 is 0 Å². The molecule has 0 bridgehead atoms. The van der Waals surface area contributed by atoms with E-state index >= 15 is 0 Å². The second-order valence-corrected chi connectivity index (χ2v) is 4.18. The fraction of sp³-hybridized carbons (Fsp3) is 0.357. The fourth-order valence-electron chi connectivity index (χ4n) is 0.938. The SMILES string of the molecule is CC(=CC=CN(C)C)C(=O)/C=C/C=C/N(C)C. The summed E-state index contributed by atoms with van der Waals surface area (Å²) in [6, 6.07) is 0. The van der Waals surface area contributed by atoms with Crippen LogP contribution in [0.1, 0.15) is 6.92 Å². The van der Waals surface area contributed by atoms with E-state index < -0.39 is 0 Å². The maximum absolute atomic E-state index is 11.6. The summed E-state index contributed by atoms with van der Waals surface area (Å²) in [4.78, 5) is 15.4. The standard InChI is InChI=1S/C14H22N2O/c1-13(9-8-12-16(4)5)14(17)10-6-7-11-15(2)3/h6-12H,1-5H3/b10-6+,11-7+,12-8?,13-9?. The van der Waals surface area contributed by atoms with E-state index in [4.69, 9.17) is 0 Å². The van der Waals surface area contributed by atoms with Crippen molar-refractivity contribution in [3.63, 3.8) is 0 Å². The van der Waals surface area contributed by atoms with Crippen molar-refractivity contribution in [1.82, 2.24) is 9.80 Å². The number of ketones is 1. The molecule has 94 valence electrons. The van der Waals surface area contributed by atoms with Crippen molar-refractivity contribution >= 4 is 5.78 Å². The average Bonchev–Trinajstić information content (AvgIpc) is 2.23. The predicted molar refractivity (Wildman–Crippen MR) is 73.6 cm³/mol. The maximum atomic E-state index is 11.6. The Morgan fingerprint density at radius 3 is 1.94 bits per heavy atom. The van der Waals surface area contributed by atoms with Crippen LogP contribution in [-0.2, 0) is 4.79 Å². The minimum atomic E-state index is 0.0248. The lowest BCUT2D eigenvalue weighted by molar-refractivity contribution is -0.111. The third kappa shape index (κ3) is 9.18. The molecule has 0 spiro atoms. The molecule has 0 heterocycles. The first-order valence-corrected chi connectivity index (χ1v) is 5.50. The molecule has 0 amide bonds. The molecule has 0 aliphatic rings. The summed E-state index contributed by atoms with van der Waals surface area (Å²) in [5.74, 6) is 0.0248. The van der Waals surface area contributed by atoms with Gasteiger partial charge in [-0.3, -0.25) is 4.79 Å². The lowest BCUT2D eigenvalue weighted by atomic mass is 10.1. The average molecular weight is 234 g/mol. The smallest absolute Gasteiger partial charge is 0.181 e. The minimum absolute atomic E-state index is 0.0248. The molecule has 0 rings (SSSR count). The highest BCUT2D eigenvalue weighted by Gasteiger charge is 1.96. The third-order valence-corrected chi connectivity index (χ3v) is 1.86. The molecule has 0 aromatic rings. The van der Waals surface area contributed by atoms with E-state index in [1.54, 1.807) is 12.2 Å². The van der Waals surface area contributed by atoms with Crippen LogP contribution in [0.25, 0.3) is 0 Å². The maximum Gasteiger partial charge on any atom is 0.181 e. The molecule has 0 radical (unpaired) electrons. The van der Waals surface area contributed by atoms with Crippen LogP contribution in [0.3, 0.4) is 0 Å². The Labute approximate surface area is 104 Å². The van der Waals surface area contributed by atoms with Gasteiger partial charge in [-0.2, -0.15) is 0 Å². The van der Waals surface area contributed by atoms with Crippen LogP contribution in [0.15, 0.2) is 48.4 Å². The minimum Gasteiger partial charge on any atom is -0.383 e. The highest BCUT2D eigenvalue weighted by Crippen LogP contribution is 1.97. The summed E-state index contributed by atoms with van der Waals surface area (Å²) < 4.78 is 0. The number of hydrogen-bond donors (Lipinski definition) is 0. The van der Waals surface area contributed by atoms with E-state index in [9.17, 15) is 4.79 Å². The molecule has 3 nitrogen and oxygen atoms in total. The van der Waals surface area contributed by atoms with Crippen LogP contribution in [0, 0.1) is 0 Å². The first kappa shape index (κ1) is 15.2. The monoisotopic (exact) mass is 234 g/mol. The van der Waals surface area contributed by atoms with Crippen LogP contribution < -0.4 is 0 Å². The topological polar surface area (TPSA) is 23.6 Å². The number of carbonyl (C=O) groups excluding carboxylic acids is 1. The van der Waals surface area contributed by atoms with Crippen LogP contribution in [0.2, 0.25) is 0 Å². The highest BCUT2D eigenvalue weighted by molar-refractivity contribution is 6.03. The van der Waals surface area contributed by atoms with Crippen LogP contribution in [0.5, 0.6) is 0 Å². The van der Waals surface area contributed by atoms with Gasteiger partial charge >= 0.3 is 0 Å². The van der Waals surface area contributed by atoms with E-state index in [1.807, 2.05) is 75.5 Å². The summed E-state index contributed by atoms with van der Waals surface area (Å²) in [7, 11) is 7.74. The van der Waals surface area contributed by atoms with Gasteiger partial charge in [0.1, 0.15) is 0 Å². The van der Waals surface area contributed by atoms with E-state index in [-0.39, 0.29) is 5.78 Å². The second kappa shape index (κ2) is 8.39. The normalized spacial score (nSPS) is 12.9.